The van der Waals surface area contributed by atoms with Crippen molar-refractivity contribution in [3.63, 3.8) is 0 Å². The number of nitrogen functional groups attached to an aromatic ring is 1. The van der Waals surface area contributed by atoms with Crippen molar-refractivity contribution in [2.24, 2.45) is 5.92 Å². The molecule has 2 heterocycles. The molecule has 2 atom stereocenters. The highest BCUT2D eigenvalue weighted by Gasteiger charge is 2.21. The SMILES string of the molecule is CC1CNCC(NC(=O)c2ccc(N)c(C(=N)c3ccncc3)c2)C1. The number of nitrogens with one attached hydrogen (secondary N) is 3. The van der Waals surface area contributed by atoms with E-state index >= 15 is 0 Å². The van der Waals surface area contributed by atoms with Gasteiger partial charge in [-0.05, 0) is 49.2 Å². The summed E-state index contributed by atoms with van der Waals surface area (Å²) in [6, 6.07) is 8.70. The van der Waals surface area contributed by atoms with Crippen molar-refractivity contribution >= 4 is 17.3 Å². The topological polar surface area (TPSA) is 104 Å². The minimum Gasteiger partial charge on any atom is -0.398 e. The van der Waals surface area contributed by atoms with Crippen molar-refractivity contribution in [3.8, 4) is 0 Å². The molecule has 0 spiro atoms. The number of rotatable bonds is 4. The number of amides is 1. The van der Waals surface area contributed by atoms with Gasteiger partial charge in [-0.2, -0.15) is 0 Å². The number of hydrogen-bond acceptors (Lipinski definition) is 5. The van der Waals surface area contributed by atoms with Crippen LogP contribution in [0.25, 0.3) is 0 Å². The van der Waals surface area contributed by atoms with Gasteiger partial charge in [-0.25, -0.2) is 0 Å². The van der Waals surface area contributed by atoms with Crippen LogP contribution in [-0.4, -0.2) is 35.7 Å². The Labute approximate surface area is 147 Å². The fourth-order valence-electron chi connectivity index (χ4n) is 3.12. The van der Waals surface area contributed by atoms with Gasteiger partial charge in [0, 0.05) is 47.4 Å². The first-order valence-corrected chi connectivity index (χ1v) is 8.45. The molecule has 0 bridgehead atoms. The van der Waals surface area contributed by atoms with Gasteiger partial charge in [0.1, 0.15) is 0 Å². The van der Waals surface area contributed by atoms with E-state index in [4.69, 9.17) is 11.1 Å². The van der Waals surface area contributed by atoms with Gasteiger partial charge in [0.15, 0.2) is 0 Å². The summed E-state index contributed by atoms with van der Waals surface area (Å²) in [7, 11) is 0. The number of aromatic nitrogens is 1. The quantitative estimate of drug-likeness (QED) is 0.504. The smallest absolute Gasteiger partial charge is 0.251 e. The Kier molecular flexibility index (Phi) is 5.09. The molecule has 6 nitrogen and oxygen atoms in total. The fourth-order valence-corrected chi connectivity index (χ4v) is 3.12. The number of carbonyl (C=O) groups is 1. The minimum atomic E-state index is -0.135. The van der Waals surface area contributed by atoms with Crippen LogP contribution >= 0.6 is 0 Å². The summed E-state index contributed by atoms with van der Waals surface area (Å²) in [4.78, 5) is 16.5. The predicted octanol–water partition coefficient (Wildman–Crippen LogP) is 1.81. The van der Waals surface area contributed by atoms with Gasteiger partial charge in [-0.3, -0.25) is 15.2 Å². The van der Waals surface area contributed by atoms with Crippen LogP contribution in [0.5, 0.6) is 0 Å². The van der Waals surface area contributed by atoms with Crippen molar-refractivity contribution < 1.29 is 4.79 Å². The third kappa shape index (κ3) is 4.03. The summed E-state index contributed by atoms with van der Waals surface area (Å²) >= 11 is 0. The lowest BCUT2D eigenvalue weighted by Crippen LogP contribution is -2.48. The van der Waals surface area contributed by atoms with Crippen LogP contribution in [0, 0.1) is 11.3 Å². The van der Waals surface area contributed by atoms with Crippen LogP contribution in [0.4, 0.5) is 5.69 Å². The van der Waals surface area contributed by atoms with Gasteiger partial charge < -0.3 is 16.4 Å². The van der Waals surface area contributed by atoms with Gasteiger partial charge in [0.05, 0.1) is 5.71 Å². The number of benzene rings is 1. The molecule has 1 fully saturated rings. The van der Waals surface area contributed by atoms with E-state index in [1.807, 2.05) is 0 Å². The molecule has 130 valence electrons. The van der Waals surface area contributed by atoms with E-state index in [0.29, 0.717) is 28.3 Å². The van der Waals surface area contributed by atoms with Gasteiger partial charge >= 0.3 is 0 Å². The summed E-state index contributed by atoms with van der Waals surface area (Å²) in [5, 5.41) is 14.8. The number of pyridine rings is 1. The number of carbonyl (C=O) groups excluding carboxylic acids is 1. The molecule has 25 heavy (non-hydrogen) atoms. The highest BCUT2D eigenvalue weighted by atomic mass is 16.1. The van der Waals surface area contributed by atoms with Crippen molar-refractivity contribution in [1.82, 2.24) is 15.6 Å². The van der Waals surface area contributed by atoms with Crippen molar-refractivity contribution in [1.29, 1.82) is 5.41 Å². The Hall–Kier alpha value is -2.73. The molecule has 1 amide bonds. The Balaban J connectivity index is 1.79. The zero-order valence-electron chi connectivity index (χ0n) is 14.3. The standard InChI is InChI=1S/C19H23N5O/c1-12-8-15(11-23-10-12)24-19(25)14-2-3-17(20)16(9-14)18(21)13-4-6-22-7-5-13/h2-7,9,12,15,21,23H,8,10-11,20H2,1H3,(H,24,25). The molecular weight excluding hydrogens is 314 g/mol. The molecule has 5 N–H and O–H groups in total. The normalized spacial score (nSPS) is 20.0. The average molecular weight is 337 g/mol. The molecule has 0 radical (unpaired) electrons. The second-order valence-corrected chi connectivity index (χ2v) is 6.58. The van der Waals surface area contributed by atoms with Crippen LogP contribution in [-0.2, 0) is 0 Å². The zero-order valence-corrected chi connectivity index (χ0v) is 14.3. The van der Waals surface area contributed by atoms with Crippen LogP contribution in [0.3, 0.4) is 0 Å². The number of hydrogen-bond donors (Lipinski definition) is 4. The maximum atomic E-state index is 12.6. The van der Waals surface area contributed by atoms with E-state index in [0.717, 1.165) is 19.5 Å². The Morgan fingerprint density at radius 2 is 2.00 bits per heavy atom. The molecule has 1 aromatic heterocycles. The molecule has 1 aliphatic rings. The van der Waals surface area contributed by atoms with E-state index in [-0.39, 0.29) is 17.7 Å². The fraction of sp³-hybridized carbons (Fsp3) is 0.316. The van der Waals surface area contributed by atoms with E-state index in [2.05, 4.69) is 22.5 Å². The summed E-state index contributed by atoms with van der Waals surface area (Å²) in [5.41, 5.74) is 8.57. The molecule has 1 aromatic carbocycles. The van der Waals surface area contributed by atoms with Crippen molar-refractivity contribution in [2.45, 2.75) is 19.4 Å². The lowest BCUT2D eigenvalue weighted by molar-refractivity contribution is 0.0925. The summed E-state index contributed by atoms with van der Waals surface area (Å²) in [5.74, 6) is 0.408. The first-order chi connectivity index (χ1) is 12.0. The minimum absolute atomic E-state index is 0.122. The maximum absolute atomic E-state index is 12.6. The predicted molar refractivity (Wildman–Crippen MR) is 98.9 cm³/mol. The second kappa shape index (κ2) is 7.44. The molecule has 0 saturated carbocycles. The highest BCUT2D eigenvalue weighted by molar-refractivity contribution is 6.14. The Morgan fingerprint density at radius 1 is 1.24 bits per heavy atom. The van der Waals surface area contributed by atoms with Crippen LogP contribution in [0.15, 0.2) is 42.7 Å². The van der Waals surface area contributed by atoms with Crippen LogP contribution < -0.4 is 16.4 Å². The van der Waals surface area contributed by atoms with Crippen molar-refractivity contribution in [3.05, 3.63) is 59.4 Å². The molecule has 2 unspecified atom stereocenters. The third-order valence-electron chi connectivity index (χ3n) is 4.46. The largest absolute Gasteiger partial charge is 0.398 e. The lowest BCUT2D eigenvalue weighted by atomic mass is 9.96. The number of nitrogens with zero attached hydrogens (tertiary/aromatic N) is 1. The molecule has 0 aliphatic carbocycles. The van der Waals surface area contributed by atoms with E-state index in [1.54, 1.807) is 42.7 Å². The van der Waals surface area contributed by atoms with E-state index in [9.17, 15) is 4.79 Å². The van der Waals surface area contributed by atoms with E-state index < -0.39 is 0 Å². The summed E-state index contributed by atoms with van der Waals surface area (Å²) in [6.07, 6.45) is 4.23. The lowest BCUT2D eigenvalue weighted by Gasteiger charge is -2.28. The number of piperidine rings is 1. The first-order valence-electron chi connectivity index (χ1n) is 8.45. The maximum Gasteiger partial charge on any atom is 0.251 e. The van der Waals surface area contributed by atoms with Crippen LogP contribution in [0.1, 0.15) is 34.8 Å². The molecule has 2 aromatic rings. The zero-order chi connectivity index (χ0) is 17.8. The molecule has 6 heteroatoms. The van der Waals surface area contributed by atoms with Crippen molar-refractivity contribution in [2.75, 3.05) is 18.8 Å². The third-order valence-corrected chi connectivity index (χ3v) is 4.46. The summed E-state index contributed by atoms with van der Waals surface area (Å²) in [6.45, 7) is 3.94. The monoisotopic (exact) mass is 337 g/mol. The van der Waals surface area contributed by atoms with E-state index in [1.165, 1.54) is 0 Å². The number of anilines is 1. The molecular formula is C19H23N5O. The first kappa shape index (κ1) is 17.1. The van der Waals surface area contributed by atoms with Gasteiger partial charge in [0.2, 0.25) is 0 Å². The summed E-state index contributed by atoms with van der Waals surface area (Å²) < 4.78 is 0. The molecule has 1 aliphatic heterocycles. The second-order valence-electron chi connectivity index (χ2n) is 6.58. The van der Waals surface area contributed by atoms with Crippen LogP contribution in [0.2, 0.25) is 0 Å². The van der Waals surface area contributed by atoms with Gasteiger partial charge in [-0.15, -0.1) is 0 Å². The number of nitrogens with two attached hydrogens (primary N) is 1. The highest BCUT2D eigenvalue weighted by Crippen LogP contribution is 2.19. The Morgan fingerprint density at radius 3 is 2.72 bits per heavy atom. The van der Waals surface area contributed by atoms with Gasteiger partial charge in [0.25, 0.3) is 5.91 Å². The molecule has 3 rings (SSSR count). The Bertz CT molecular complexity index is 775. The van der Waals surface area contributed by atoms with Gasteiger partial charge in [-0.1, -0.05) is 6.92 Å². The average Bonchev–Trinajstić information content (AvgIpc) is 2.62. The molecule has 1 saturated heterocycles.